The molecule has 0 saturated carbocycles. The molecule has 2 N–H and O–H groups in total. The molecule has 0 aliphatic heterocycles. The molecule has 0 aromatic heterocycles. The minimum atomic E-state index is -3.49. The van der Waals surface area contributed by atoms with E-state index in [0.717, 1.165) is 11.1 Å². The molecule has 6 heteroatoms. The Balaban J connectivity index is 2.16. The molecule has 0 spiro atoms. The number of hydrogen-bond donors (Lipinski definition) is 2. The van der Waals surface area contributed by atoms with Crippen LogP contribution in [0.3, 0.4) is 0 Å². The first-order chi connectivity index (χ1) is 9.89. The van der Waals surface area contributed by atoms with Crippen LogP contribution in [-0.2, 0) is 22.4 Å². The quantitative estimate of drug-likeness (QED) is 0.850. The SMILES string of the molecule is Cc1ccc(Br)c(NS(=O)(=O)Cc2ccc(CO)cc2)c1. The van der Waals surface area contributed by atoms with Gasteiger partial charge in [-0.1, -0.05) is 30.3 Å². The molecule has 0 aliphatic carbocycles. The van der Waals surface area contributed by atoms with Crippen LogP contribution < -0.4 is 4.72 Å². The highest BCUT2D eigenvalue weighted by atomic mass is 79.9. The Labute approximate surface area is 133 Å². The fourth-order valence-electron chi connectivity index (χ4n) is 1.88. The first kappa shape index (κ1) is 16.0. The Morgan fingerprint density at radius 3 is 2.33 bits per heavy atom. The van der Waals surface area contributed by atoms with Gasteiger partial charge >= 0.3 is 0 Å². The summed E-state index contributed by atoms with van der Waals surface area (Å²) in [5, 5.41) is 8.98. The molecule has 0 heterocycles. The maximum absolute atomic E-state index is 12.2. The zero-order valence-corrected chi connectivity index (χ0v) is 13.9. The third kappa shape index (κ3) is 4.56. The summed E-state index contributed by atoms with van der Waals surface area (Å²) in [7, 11) is -3.49. The van der Waals surface area contributed by atoms with Gasteiger partial charge in [-0.05, 0) is 51.7 Å². The summed E-state index contributed by atoms with van der Waals surface area (Å²) in [6, 6.07) is 12.3. The number of halogens is 1. The van der Waals surface area contributed by atoms with E-state index >= 15 is 0 Å². The summed E-state index contributed by atoms with van der Waals surface area (Å²) in [5.41, 5.74) is 2.93. The molecule has 0 unspecified atom stereocenters. The maximum atomic E-state index is 12.2. The second-order valence-electron chi connectivity index (χ2n) is 4.82. The van der Waals surface area contributed by atoms with Crippen molar-refractivity contribution in [2.75, 3.05) is 4.72 Å². The Morgan fingerprint density at radius 1 is 1.10 bits per heavy atom. The molecule has 0 bridgehead atoms. The summed E-state index contributed by atoms with van der Waals surface area (Å²) in [6.45, 7) is 1.85. The van der Waals surface area contributed by atoms with Crippen molar-refractivity contribution in [3.63, 3.8) is 0 Å². The van der Waals surface area contributed by atoms with Crippen molar-refractivity contribution in [3.05, 3.63) is 63.6 Å². The summed E-state index contributed by atoms with van der Waals surface area (Å²) < 4.78 is 27.7. The van der Waals surface area contributed by atoms with Gasteiger partial charge in [-0.3, -0.25) is 4.72 Å². The molecule has 2 aromatic carbocycles. The number of aryl methyl sites for hydroxylation is 1. The smallest absolute Gasteiger partial charge is 0.236 e. The Kier molecular flexibility index (Phi) is 5.03. The molecule has 2 rings (SSSR count). The fourth-order valence-corrected chi connectivity index (χ4v) is 3.57. The molecule has 112 valence electrons. The number of nitrogens with one attached hydrogen (secondary N) is 1. The largest absolute Gasteiger partial charge is 0.392 e. The zero-order chi connectivity index (χ0) is 15.5. The van der Waals surface area contributed by atoms with E-state index in [9.17, 15) is 8.42 Å². The van der Waals surface area contributed by atoms with E-state index in [4.69, 9.17) is 5.11 Å². The van der Waals surface area contributed by atoms with Gasteiger partial charge in [0.1, 0.15) is 0 Å². The predicted molar refractivity (Wildman–Crippen MR) is 87.5 cm³/mol. The lowest BCUT2D eigenvalue weighted by Gasteiger charge is -2.11. The van der Waals surface area contributed by atoms with E-state index in [1.165, 1.54) is 0 Å². The lowest BCUT2D eigenvalue weighted by molar-refractivity contribution is 0.282. The number of aliphatic hydroxyl groups is 1. The van der Waals surface area contributed by atoms with Gasteiger partial charge in [0.25, 0.3) is 0 Å². The average Bonchev–Trinajstić information content (AvgIpc) is 2.43. The van der Waals surface area contributed by atoms with Gasteiger partial charge in [0.15, 0.2) is 0 Å². The van der Waals surface area contributed by atoms with Gasteiger partial charge in [0.2, 0.25) is 10.0 Å². The first-order valence-electron chi connectivity index (χ1n) is 6.35. The van der Waals surface area contributed by atoms with Gasteiger partial charge in [0.05, 0.1) is 18.0 Å². The predicted octanol–water partition coefficient (Wildman–Crippen LogP) is 3.19. The van der Waals surface area contributed by atoms with Crippen LogP contribution in [0.2, 0.25) is 0 Å². The van der Waals surface area contributed by atoms with Crippen LogP contribution in [0, 0.1) is 6.92 Å². The molecular weight excluding hydrogens is 354 g/mol. The second kappa shape index (κ2) is 6.60. The highest BCUT2D eigenvalue weighted by Gasteiger charge is 2.13. The topological polar surface area (TPSA) is 66.4 Å². The van der Waals surface area contributed by atoms with Crippen molar-refractivity contribution in [1.29, 1.82) is 0 Å². The van der Waals surface area contributed by atoms with Crippen molar-refractivity contribution in [2.45, 2.75) is 19.3 Å². The lowest BCUT2D eigenvalue weighted by atomic mass is 10.2. The fraction of sp³-hybridized carbons (Fsp3) is 0.200. The van der Waals surface area contributed by atoms with Gasteiger partial charge in [0, 0.05) is 4.47 Å². The van der Waals surface area contributed by atoms with Crippen LogP contribution in [0.25, 0.3) is 0 Å². The van der Waals surface area contributed by atoms with Crippen LogP contribution in [0.4, 0.5) is 5.69 Å². The van der Waals surface area contributed by atoms with E-state index < -0.39 is 10.0 Å². The van der Waals surface area contributed by atoms with E-state index in [2.05, 4.69) is 20.7 Å². The Bertz CT molecular complexity index is 727. The van der Waals surface area contributed by atoms with Crippen molar-refractivity contribution in [1.82, 2.24) is 0 Å². The minimum Gasteiger partial charge on any atom is -0.392 e. The van der Waals surface area contributed by atoms with Crippen molar-refractivity contribution >= 4 is 31.6 Å². The Morgan fingerprint density at radius 2 is 1.71 bits per heavy atom. The third-order valence-corrected chi connectivity index (χ3v) is 4.89. The van der Waals surface area contributed by atoms with E-state index in [0.29, 0.717) is 15.7 Å². The second-order valence-corrected chi connectivity index (χ2v) is 7.40. The highest BCUT2D eigenvalue weighted by molar-refractivity contribution is 9.10. The minimum absolute atomic E-state index is 0.0540. The van der Waals surface area contributed by atoms with Crippen LogP contribution in [0.15, 0.2) is 46.9 Å². The number of sulfonamides is 1. The third-order valence-electron chi connectivity index (χ3n) is 2.95. The monoisotopic (exact) mass is 369 g/mol. The Hall–Kier alpha value is -1.37. The molecule has 0 saturated heterocycles. The van der Waals surface area contributed by atoms with Crippen LogP contribution >= 0.6 is 15.9 Å². The molecular formula is C15H16BrNO3S. The number of anilines is 1. The first-order valence-corrected chi connectivity index (χ1v) is 8.79. The zero-order valence-electron chi connectivity index (χ0n) is 11.5. The molecule has 0 fully saturated rings. The highest BCUT2D eigenvalue weighted by Crippen LogP contribution is 2.25. The van der Waals surface area contributed by atoms with E-state index in [-0.39, 0.29) is 12.4 Å². The van der Waals surface area contributed by atoms with E-state index in [1.807, 2.05) is 19.1 Å². The van der Waals surface area contributed by atoms with Crippen LogP contribution in [0.5, 0.6) is 0 Å². The van der Waals surface area contributed by atoms with Gasteiger partial charge < -0.3 is 5.11 Å². The normalized spacial score (nSPS) is 11.4. The molecule has 21 heavy (non-hydrogen) atoms. The van der Waals surface area contributed by atoms with Crippen molar-refractivity contribution < 1.29 is 13.5 Å². The molecule has 0 amide bonds. The number of aliphatic hydroxyl groups excluding tert-OH is 1. The number of hydrogen-bond acceptors (Lipinski definition) is 3. The van der Waals surface area contributed by atoms with Gasteiger partial charge in [-0.2, -0.15) is 0 Å². The number of benzene rings is 2. The van der Waals surface area contributed by atoms with Crippen LogP contribution in [0.1, 0.15) is 16.7 Å². The lowest BCUT2D eigenvalue weighted by Crippen LogP contribution is -2.15. The molecule has 4 nitrogen and oxygen atoms in total. The maximum Gasteiger partial charge on any atom is 0.236 e. The molecule has 2 aromatic rings. The standard InChI is InChI=1S/C15H16BrNO3S/c1-11-2-7-14(16)15(8-11)17-21(19,20)10-13-5-3-12(9-18)4-6-13/h2-8,17-18H,9-10H2,1H3. The van der Waals surface area contributed by atoms with E-state index in [1.54, 1.807) is 30.3 Å². The van der Waals surface area contributed by atoms with Crippen molar-refractivity contribution in [3.8, 4) is 0 Å². The summed E-state index contributed by atoms with van der Waals surface area (Å²) in [4.78, 5) is 0. The molecule has 0 radical (unpaired) electrons. The summed E-state index contributed by atoms with van der Waals surface area (Å²) in [6.07, 6.45) is 0. The number of rotatable bonds is 5. The average molecular weight is 370 g/mol. The molecule has 0 atom stereocenters. The molecule has 0 aliphatic rings. The summed E-state index contributed by atoms with van der Waals surface area (Å²) >= 11 is 3.33. The van der Waals surface area contributed by atoms with Crippen LogP contribution in [-0.4, -0.2) is 13.5 Å². The van der Waals surface area contributed by atoms with Gasteiger partial charge in [-0.25, -0.2) is 8.42 Å². The summed E-state index contributed by atoms with van der Waals surface area (Å²) in [5.74, 6) is -0.112. The van der Waals surface area contributed by atoms with Gasteiger partial charge in [-0.15, -0.1) is 0 Å². The van der Waals surface area contributed by atoms with Crippen molar-refractivity contribution in [2.24, 2.45) is 0 Å².